The molecule has 7 heteroatoms. The van der Waals surface area contributed by atoms with Crippen molar-refractivity contribution < 1.29 is 23.8 Å². The van der Waals surface area contributed by atoms with Gasteiger partial charge >= 0.3 is 12.1 Å². The van der Waals surface area contributed by atoms with Gasteiger partial charge in [0.25, 0.3) is 0 Å². The molecule has 4 rings (SSSR count). The highest BCUT2D eigenvalue weighted by atomic mass is 16.6. The Morgan fingerprint density at radius 1 is 1.14 bits per heavy atom. The van der Waals surface area contributed by atoms with Gasteiger partial charge in [-0.15, -0.1) is 0 Å². The average Bonchev–Trinajstić information content (AvgIpc) is 3.36. The third-order valence-electron chi connectivity index (χ3n) is 5.26. The highest BCUT2D eigenvalue weighted by Gasteiger charge is 2.32. The minimum atomic E-state index is -1.14. The van der Waals surface area contributed by atoms with Gasteiger partial charge in [0.2, 0.25) is 0 Å². The molecule has 3 aromatic rings. The molecule has 0 saturated carbocycles. The zero-order valence-electron chi connectivity index (χ0n) is 15.8. The van der Waals surface area contributed by atoms with Crippen molar-refractivity contribution in [2.75, 3.05) is 13.7 Å². The first-order chi connectivity index (χ1) is 14.1. The average molecular weight is 392 g/mol. The number of oxazole rings is 1. The Morgan fingerprint density at radius 2 is 1.76 bits per heavy atom. The van der Waals surface area contributed by atoms with Gasteiger partial charge in [0, 0.05) is 19.4 Å². The summed E-state index contributed by atoms with van der Waals surface area (Å²) in [5.41, 5.74) is 4.91. The van der Waals surface area contributed by atoms with Gasteiger partial charge in [-0.3, -0.25) is 4.90 Å². The van der Waals surface area contributed by atoms with Gasteiger partial charge in [0.1, 0.15) is 18.9 Å². The highest BCUT2D eigenvalue weighted by molar-refractivity contribution is 5.81. The smallest absolute Gasteiger partial charge is 0.410 e. The molecule has 148 valence electrons. The molecule has 29 heavy (non-hydrogen) atoms. The SMILES string of the molecule is CN(C(=O)OCC1c2ccccc2-c2ccccc21)[C@@H](Cc1cocn1)C(=O)O. The second-order valence-corrected chi connectivity index (χ2v) is 6.95. The first kappa shape index (κ1) is 18.7. The maximum Gasteiger partial charge on any atom is 0.410 e. The van der Waals surface area contributed by atoms with Crippen molar-refractivity contribution in [3.8, 4) is 11.1 Å². The lowest BCUT2D eigenvalue weighted by Crippen LogP contribution is -2.44. The number of nitrogens with zero attached hydrogens (tertiary/aromatic N) is 2. The van der Waals surface area contributed by atoms with E-state index < -0.39 is 18.1 Å². The van der Waals surface area contributed by atoms with E-state index in [2.05, 4.69) is 17.1 Å². The lowest BCUT2D eigenvalue weighted by Gasteiger charge is -2.24. The van der Waals surface area contributed by atoms with Crippen LogP contribution in [0.2, 0.25) is 0 Å². The van der Waals surface area contributed by atoms with E-state index in [-0.39, 0.29) is 18.9 Å². The van der Waals surface area contributed by atoms with Gasteiger partial charge in [-0.2, -0.15) is 0 Å². The van der Waals surface area contributed by atoms with Gasteiger partial charge < -0.3 is 14.3 Å². The van der Waals surface area contributed by atoms with Crippen molar-refractivity contribution >= 4 is 12.1 Å². The number of carboxylic acid groups (broad SMARTS) is 1. The molecule has 0 fully saturated rings. The zero-order valence-corrected chi connectivity index (χ0v) is 15.8. The fourth-order valence-electron chi connectivity index (χ4n) is 3.75. The molecule has 1 aliphatic carbocycles. The molecule has 2 aromatic carbocycles. The van der Waals surface area contributed by atoms with E-state index >= 15 is 0 Å². The second kappa shape index (κ2) is 7.79. The number of fused-ring (bicyclic) bond motifs is 3. The first-order valence-electron chi connectivity index (χ1n) is 9.24. The fourth-order valence-corrected chi connectivity index (χ4v) is 3.75. The summed E-state index contributed by atoms with van der Waals surface area (Å²) in [5, 5.41) is 9.52. The number of carboxylic acids is 1. The molecule has 1 N–H and O–H groups in total. The van der Waals surface area contributed by atoms with Crippen LogP contribution in [0.1, 0.15) is 22.7 Å². The van der Waals surface area contributed by atoms with Crippen LogP contribution in [0, 0.1) is 0 Å². The molecule has 0 aliphatic heterocycles. The van der Waals surface area contributed by atoms with Crippen LogP contribution >= 0.6 is 0 Å². The summed E-state index contributed by atoms with van der Waals surface area (Å²) in [6.07, 6.45) is 1.93. The maximum absolute atomic E-state index is 12.6. The number of amides is 1. The Hall–Kier alpha value is -3.61. The molecule has 1 amide bonds. The number of rotatable bonds is 6. The molecule has 1 aromatic heterocycles. The summed E-state index contributed by atoms with van der Waals surface area (Å²) in [6, 6.07) is 15.0. The van der Waals surface area contributed by atoms with Gasteiger partial charge in [0.15, 0.2) is 6.39 Å². The van der Waals surface area contributed by atoms with Crippen LogP contribution in [0.4, 0.5) is 4.79 Å². The molecule has 1 atom stereocenters. The number of aromatic nitrogens is 1. The van der Waals surface area contributed by atoms with E-state index in [1.54, 1.807) is 0 Å². The van der Waals surface area contributed by atoms with E-state index in [0.29, 0.717) is 5.69 Å². The molecule has 0 unspecified atom stereocenters. The van der Waals surface area contributed by atoms with Gasteiger partial charge in [0.05, 0.1) is 5.69 Å². The van der Waals surface area contributed by atoms with Crippen molar-refractivity contribution in [1.29, 1.82) is 0 Å². The van der Waals surface area contributed by atoms with E-state index in [0.717, 1.165) is 27.2 Å². The van der Waals surface area contributed by atoms with Crippen LogP contribution in [0.5, 0.6) is 0 Å². The number of benzene rings is 2. The molecular formula is C22H20N2O5. The Kier molecular flexibility index (Phi) is 5.03. The number of likely N-dealkylation sites (N-methyl/N-ethyl adjacent to an activating group) is 1. The van der Waals surface area contributed by atoms with E-state index in [1.807, 2.05) is 36.4 Å². The predicted octanol–water partition coefficient (Wildman–Crippen LogP) is 3.55. The van der Waals surface area contributed by atoms with E-state index in [1.165, 1.54) is 19.7 Å². The van der Waals surface area contributed by atoms with E-state index in [4.69, 9.17) is 9.15 Å². The number of aliphatic carboxylic acids is 1. The van der Waals surface area contributed by atoms with E-state index in [9.17, 15) is 14.7 Å². The molecule has 0 spiro atoms. The number of hydrogen-bond donors (Lipinski definition) is 1. The molecule has 1 aliphatic rings. The third kappa shape index (κ3) is 3.59. The van der Waals surface area contributed by atoms with Crippen LogP contribution in [0.3, 0.4) is 0 Å². The molecule has 1 heterocycles. The molecular weight excluding hydrogens is 372 g/mol. The van der Waals surface area contributed by atoms with Crippen LogP contribution < -0.4 is 0 Å². The first-order valence-corrected chi connectivity index (χ1v) is 9.24. The molecule has 0 saturated heterocycles. The highest BCUT2D eigenvalue weighted by Crippen LogP contribution is 2.44. The minimum absolute atomic E-state index is 0.0343. The molecule has 7 nitrogen and oxygen atoms in total. The van der Waals surface area contributed by atoms with Crippen LogP contribution in [-0.2, 0) is 16.0 Å². The fraction of sp³-hybridized carbons (Fsp3) is 0.227. The number of hydrogen-bond acceptors (Lipinski definition) is 5. The second-order valence-electron chi connectivity index (χ2n) is 6.95. The lowest BCUT2D eigenvalue weighted by molar-refractivity contribution is -0.142. The molecule has 0 bridgehead atoms. The summed E-state index contributed by atoms with van der Waals surface area (Å²) in [7, 11) is 1.41. The predicted molar refractivity (Wildman–Crippen MR) is 104 cm³/mol. The normalized spacial score (nSPS) is 13.4. The van der Waals surface area contributed by atoms with Gasteiger partial charge in [-0.25, -0.2) is 14.6 Å². The maximum atomic E-state index is 12.6. The quantitative estimate of drug-likeness (QED) is 0.690. The number of carbonyl (C=O) groups is 2. The minimum Gasteiger partial charge on any atom is -0.480 e. The third-order valence-corrected chi connectivity index (χ3v) is 5.26. The standard InChI is InChI=1S/C22H20N2O5/c1-24(20(21(25)26)10-14-11-28-13-23-14)22(27)29-12-19-17-8-4-2-6-15(17)16-7-3-5-9-18(16)19/h2-9,11,13,19-20H,10,12H2,1H3,(H,25,26)/t20-/m0/s1. The van der Waals surface area contributed by atoms with Crippen LogP contribution in [-0.4, -0.2) is 46.7 Å². The Balaban J connectivity index is 1.48. The van der Waals surface area contributed by atoms with Crippen molar-refractivity contribution in [1.82, 2.24) is 9.88 Å². The van der Waals surface area contributed by atoms with Crippen molar-refractivity contribution in [3.05, 3.63) is 78.0 Å². The van der Waals surface area contributed by atoms with Gasteiger partial charge in [-0.05, 0) is 22.3 Å². The summed E-state index contributed by atoms with van der Waals surface area (Å²) in [4.78, 5) is 29.3. The lowest BCUT2D eigenvalue weighted by atomic mass is 9.98. The number of carbonyl (C=O) groups excluding carboxylic acids is 1. The summed E-state index contributed by atoms with van der Waals surface area (Å²) >= 11 is 0. The van der Waals surface area contributed by atoms with Crippen molar-refractivity contribution in [3.63, 3.8) is 0 Å². The topological polar surface area (TPSA) is 92.9 Å². The summed E-state index contributed by atoms with van der Waals surface area (Å²) in [6.45, 7) is 0.132. The zero-order chi connectivity index (χ0) is 20.4. The van der Waals surface area contributed by atoms with Gasteiger partial charge in [-0.1, -0.05) is 48.5 Å². The largest absolute Gasteiger partial charge is 0.480 e. The monoisotopic (exact) mass is 392 g/mol. The Bertz CT molecular complexity index is 986. The Labute approximate surface area is 167 Å². The van der Waals surface area contributed by atoms with Crippen molar-refractivity contribution in [2.24, 2.45) is 0 Å². The van der Waals surface area contributed by atoms with Crippen LogP contribution in [0.25, 0.3) is 11.1 Å². The summed E-state index contributed by atoms with van der Waals surface area (Å²) < 4.78 is 10.4. The summed E-state index contributed by atoms with van der Waals surface area (Å²) in [5.74, 6) is -1.22. The molecule has 0 radical (unpaired) electrons. The van der Waals surface area contributed by atoms with Crippen molar-refractivity contribution in [2.45, 2.75) is 18.4 Å². The number of ether oxygens (including phenoxy) is 1. The van der Waals surface area contributed by atoms with Crippen LogP contribution in [0.15, 0.2) is 65.6 Å². The Morgan fingerprint density at radius 3 is 2.31 bits per heavy atom.